The first-order valence-electron chi connectivity index (χ1n) is 7.39. The van der Waals surface area contributed by atoms with Gasteiger partial charge in [0, 0.05) is 6.08 Å². The van der Waals surface area contributed by atoms with E-state index >= 15 is 0 Å². The fraction of sp³-hybridized carbons (Fsp3) is 0.812. The zero-order chi connectivity index (χ0) is 13.8. The maximum absolute atomic E-state index is 11.0. The summed E-state index contributed by atoms with van der Waals surface area (Å²) in [5.41, 5.74) is 0. The first-order chi connectivity index (χ1) is 8.60. The van der Waals surface area contributed by atoms with Crippen molar-refractivity contribution in [2.75, 3.05) is 6.61 Å². The number of carbonyl (C=O) groups is 1. The van der Waals surface area contributed by atoms with Crippen LogP contribution in [0.1, 0.15) is 65.7 Å². The van der Waals surface area contributed by atoms with Crippen LogP contribution in [0.15, 0.2) is 12.7 Å². The van der Waals surface area contributed by atoms with E-state index < -0.39 is 0 Å². The summed E-state index contributed by atoms with van der Waals surface area (Å²) in [6.07, 6.45) is 9.98. The van der Waals surface area contributed by atoms with Crippen LogP contribution in [0.5, 0.6) is 0 Å². The average Bonchev–Trinajstić information content (AvgIpc) is 2.33. The van der Waals surface area contributed by atoms with Crippen LogP contribution in [0, 0.1) is 11.8 Å². The topological polar surface area (TPSA) is 26.3 Å². The summed E-state index contributed by atoms with van der Waals surface area (Å²) in [7, 11) is 0. The predicted molar refractivity (Wildman–Crippen MR) is 77.5 cm³/mol. The van der Waals surface area contributed by atoms with Gasteiger partial charge in [0.1, 0.15) is 0 Å². The Kier molecular flexibility index (Phi) is 10.8. The minimum Gasteiger partial charge on any atom is -0.463 e. The Morgan fingerprint density at radius 2 is 1.94 bits per heavy atom. The van der Waals surface area contributed by atoms with Gasteiger partial charge in [0.15, 0.2) is 0 Å². The van der Waals surface area contributed by atoms with Crippen LogP contribution in [-0.4, -0.2) is 12.6 Å². The van der Waals surface area contributed by atoms with Crippen molar-refractivity contribution in [2.45, 2.75) is 65.7 Å². The number of unbranched alkanes of at least 4 members (excludes halogenated alkanes) is 3. The normalized spacial score (nSPS) is 12.4. The summed E-state index contributed by atoms with van der Waals surface area (Å²) in [6.45, 7) is 10.7. The predicted octanol–water partition coefficient (Wildman–Crippen LogP) is 4.74. The lowest BCUT2D eigenvalue weighted by atomic mass is 9.89. The number of esters is 1. The van der Waals surface area contributed by atoms with Crippen LogP contribution < -0.4 is 0 Å². The van der Waals surface area contributed by atoms with Gasteiger partial charge in [-0.15, -0.1) is 0 Å². The second-order valence-corrected chi connectivity index (χ2v) is 5.51. The van der Waals surface area contributed by atoms with E-state index in [1.807, 2.05) is 0 Å². The summed E-state index contributed by atoms with van der Waals surface area (Å²) in [5, 5.41) is 0. The molecule has 0 aliphatic heterocycles. The third kappa shape index (κ3) is 10.4. The molecule has 0 bridgehead atoms. The van der Waals surface area contributed by atoms with E-state index in [4.69, 9.17) is 4.74 Å². The minimum absolute atomic E-state index is 0.302. The summed E-state index contributed by atoms with van der Waals surface area (Å²) in [4.78, 5) is 11.0. The zero-order valence-corrected chi connectivity index (χ0v) is 12.4. The quantitative estimate of drug-likeness (QED) is 0.302. The molecule has 18 heavy (non-hydrogen) atoms. The highest BCUT2D eigenvalue weighted by Gasteiger charge is 2.11. The maximum Gasteiger partial charge on any atom is 0.330 e. The van der Waals surface area contributed by atoms with Gasteiger partial charge in [-0.2, -0.15) is 0 Å². The van der Waals surface area contributed by atoms with Crippen LogP contribution >= 0.6 is 0 Å². The molecule has 0 amide bonds. The minimum atomic E-state index is -0.302. The number of hydrogen-bond donors (Lipinski definition) is 0. The van der Waals surface area contributed by atoms with Crippen LogP contribution in [0.2, 0.25) is 0 Å². The molecule has 0 radical (unpaired) electrons. The Labute approximate surface area is 113 Å². The van der Waals surface area contributed by atoms with E-state index in [1.165, 1.54) is 44.6 Å². The summed E-state index contributed by atoms with van der Waals surface area (Å²) in [5.74, 6) is 1.11. The van der Waals surface area contributed by atoms with Crippen LogP contribution in [-0.2, 0) is 9.53 Å². The molecule has 0 N–H and O–H groups in total. The van der Waals surface area contributed by atoms with Crippen molar-refractivity contribution in [1.29, 1.82) is 0 Å². The summed E-state index contributed by atoms with van der Waals surface area (Å²) < 4.78 is 5.07. The number of hydrogen-bond acceptors (Lipinski definition) is 2. The standard InChI is InChI=1S/C16H30O2/c1-5-7-8-9-10-15(13-14(3)4)11-12-18-16(17)6-2/h6,14-15H,2,5,7-13H2,1,3-4H3. The average molecular weight is 254 g/mol. The highest BCUT2D eigenvalue weighted by molar-refractivity contribution is 5.81. The molecule has 1 unspecified atom stereocenters. The van der Waals surface area contributed by atoms with Gasteiger partial charge in [0.05, 0.1) is 6.61 Å². The molecule has 0 fully saturated rings. The molecule has 0 saturated carbocycles. The van der Waals surface area contributed by atoms with Gasteiger partial charge < -0.3 is 4.74 Å². The van der Waals surface area contributed by atoms with E-state index in [1.54, 1.807) is 0 Å². The SMILES string of the molecule is C=CC(=O)OCCC(CCCCCC)CC(C)C. The first-order valence-corrected chi connectivity index (χ1v) is 7.39. The summed E-state index contributed by atoms with van der Waals surface area (Å²) in [6, 6.07) is 0. The smallest absolute Gasteiger partial charge is 0.330 e. The van der Waals surface area contributed by atoms with Gasteiger partial charge in [-0.1, -0.05) is 59.5 Å². The zero-order valence-electron chi connectivity index (χ0n) is 12.4. The maximum atomic E-state index is 11.0. The second-order valence-electron chi connectivity index (χ2n) is 5.51. The molecule has 0 aromatic rings. The van der Waals surface area contributed by atoms with E-state index in [0.29, 0.717) is 12.5 Å². The van der Waals surface area contributed by atoms with Gasteiger partial charge in [-0.25, -0.2) is 4.79 Å². The fourth-order valence-corrected chi connectivity index (χ4v) is 2.29. The van der Waals surface area contributed by atoms with Crippen molar-refractivity contribution in [3.63, 3.8) is 0 Å². The van der Waals surface area contributed by atoms with Gasteiger partial charge in [-0.3, -0.25) is 0 Å². The molecule has 1 atom stereocenters. The monoisotopic (exact) mass is 254 g/mol. The summed E-state index contributed by atoms with van der Waals surface area (Å²) >= 11 is 0. The largest absolute Gasteiger partial charge is 0.463 e. The van der Waals surface area contributed by atoms with E-state index in [-0.39, 0.29) is 5.97 Å². The lowest BCUT2D eigenvalue weighted by Gasteiger charge is -2.18. The van der Waals surface area contributed by atoms with Crippen LogP contribution in [0.4, 0.5) is 0 Å². The van der Waals surface area contributed by atoms with Crippen LogP contribution in [0.25, 0.3) is 0 Å². The molecule has 0 rings (SSSR count). The molecule has 0 aromatic heterocycles. The number of ether oxygens (including phenoxy) is 1. The third-order valence-electron chi connectivity index (χ3n) is 3.21. The second kappa shape index (κ2) is 11.3. The third-order valence-corrected chi connectivity index (χ3v) is 3.21. The Bertz CT molecular complexity index is 221. The number of carbonyl (C=O) groups excluding carboxylic acids is 1. The first kappa shape index (κ1) is 17.2. The van der Waals surface area contributed by atoms with Crippen molar-refractivity contribution >= 4 is 5.97 Å². The Morgan fingerprint density at radius 3 is 2.50 bits per heavy atom. The molecule has 0 aliphatic carbocycles. The van der Waals surface area contributed by atoms with Crippen molar-refractivity contribution < 1.29 is 9.53 Å². The molecule has 106 valence electrons. The van der Waals surface area contributed by atoms with Crippen molar-refractivity contribution in [3.05, 3.63) is 12.7 Å². The van der Waals surface area contributed by atoms with Crippen molar-refractivity contribution in [3.8, 4) is 0 Å². The highest BCUT2D eigenvalue weighted by atomic mass is 16.5. The molecular formula is C16H30O2. The van der Waals surface area contributed by atoms with Crippen LogP contribution in [0.3, 0.4) is 0 Å². The molecule has 2 nitrogen and oxygen atoms in total. The van der Waals surface area contributed by atoms with E-state index in [2.05, 4.69) is 27.4 Å². The van der Waals surface area contributed by atoms with Gasteiger partial charge in [0.25, 0.3) is 0 Å². The molecule has 2 heteroatoms. The van der Waals surface area contributed by atoms with Gasteiger partial charge in [0.2, 0.25) is 0 Å². The molecule has 0 saturated heterocycles. The Morgan fingerprint density at radius 1 is 1.22 bits per heavy atom. The Balaban J connectivity index is 3.83. The van der Waals surface area contributed by atoms with E-state index in [0.717, 1.165) is 12.3 Å². The Hall–Kier alpha value is -0.790. The lowest BCUT2D eigenvalue weighted by Crippen LogP contribution is -2.10. The highest BCUT2D eigenvalue weighted by Crippen LogP contribution is 2.22. The van der Waals surface area contributed by atoms with E-state index in [9.17, 15) is 4.79 Å². The molecule has 0 aliphatic rings. The molecule has 0 aromatic carbocycles. The van der Waals surface area contributed by atoms with Crippen molar-refractivity contribution in [2.24, 2.45) is 11.8 Å². The lowest BCUT2D eigenvalue weighted by molar-refractivity contribution is -0.138. The molecule has 0 spiro atoms. The molecule has 0 heterocycles. The fourth-order valence-electron chi connectivity index (χ4n) is 2.29. The van der Waals surface area contributed by atoms with Gasteiger partial charge >= 0.3 is 5.97 Å². The number of rotatable bonds is 11. The van der Waals surface area contributed by atoms with Crippen molar-refractivity contribution in [1.82, 2.24) is 0 Å². The molecular weight excluding hydrogens is 224 g/mol. The van der Waals surface area contributed by atoms with Gasteiger partial charge in [-0.05, 0) is 24.7 Å².